The van der Waals surface area contributed by atoms with Crippen LogP contribution in [0.1, 0.15) is 31.0 Å². The molecule has 2 aromatic carbocycles. The van der Waals surface area contributed by atoms with Gasteiger partial charge in [0.1, 0.15) is 11.9 Å². The van der Waals surface area contributed by atoms with Crippen LogP contribution in [0.25, 0.3) is 6.08 Å². The second kappa shape index (κ2) is 10.3. The summed E-state index contributed by atoms with van der Waals surface area (Å²) in [5.74, 6) is -1.85. The molecule has 0 aromatic heterocycles. The summed E-state index contributed by atoms with van der Waals surface area (Å²) in [4.78, 5) is 25.7. The fraction of sp³-hybridized carbons (Fsp3) is 0.273. The maximum absolute atomic E-state index is 13.5. The summed E-state index contributed by atoms with van der Waals surface area (Å²) < 4.78 is 39.9. The first-order valence-corrected chi connectivity index (χ1v) is 11.2. The van der Waals surface area contributed by atoms with Crippen LogP contribution in [0.3, 0.4) is 0 Å². The van der Waals surface area contributed by atoms with Crippen LogP contribution in [-0.2, 0) is 19.6 Å². The van der Waals surface area contributed by atoms with Gasteiger partial charge in [0.15, 0.2) is 0 Å². The maximum atomic E-state index is 13.5. The third-order valence-electron chi connectivity index (χ3n) is 4.81. The molecule has 0 bridgehead atoms. The van der Waals surface area contributed by atoms with Crippen molar-refractivity contribution in [2.75, 3.05) is 20.1 Å². The fourth-order valence-electron chi connectivity index (χ4n) is 3.13. The second-order valence-electron chi connectivity index (χ2n) is 6.80. The molecule has 2 N–H and O–H groups in total. The van der Waals surface area contributed by atoms with Crippen molar-refractivity contribution < 1.29 is 22.4 Å². The summed E-state index contributed by atoms with van der Waals surface area (Å²) in [7, 11) is -2.17. The van der Waals surface area contributed by atoms with E-state index in [1.165, 1.54) is 53.8 Å². The Morgan fingerprint density at radius 3 is 2.23 bits per heavy atom. The van der Waals surface area contributed by atoms with E-state index >= 15 is 0 Å². The average molecular weight is 448 g/mol. The molecule has 0 radical (unpaired) electrons. The van der Waals surface area contributed by atoms with Gasteiger partial charge in [-0.1, -0.05) is 38.1 Å². The van der Waals surface area contributed by atoms with Gasteiger partial charge < -0.3 is 10.6 Å². The van der Waals surface area contributed by atoms with Crippen molar-refractivity contribution in [3.8, 4) is 0 Å². The van der Waals surface area contributed by atoms with Gasteiger partial charge in [-0.15, -0.1) is 0 Å². The molecule has 0 saturated carbocycles. The van der Waals surface area contributed by atoms with E-state index in [0.717, 1.165) is 11.0 Å². The summed E-state index contributed by atoms with van der Waals surface area (Å²) >= 11 is 0. The average Bonchev–Trinajstić information content (AvgIpc) is 2.73. The minimum Gasteiger partial charge on any atom is -0.368 e. The Kier molecular flexibility index (Phi) is 8.07. The molecule has 0 aliphatic rings. The van der Waals surface area contributed by atoms with Crippen LogP contribution < -0.4 is 5.73 Å². The smallest absolute Gasteiger partial charge is 0.247 e. The molecule has 1 unspecified atom stereocenters. The summed E-state index contributed by atoms with van der Waals surface area (Å²) in [5.41, 5.74) is 6.29. The number of carbonyl (C=O) groups excluding carboxylic acids is 2. The lowest BCUT2D eigenvalue weighted by Gasteiger charge is -2.25. The molecule has 0 fully saturated rings. The highest BCUT2D eigenvalue weighted by Gasteiger charge is 2.26. The van der Waals surface area contributed by atoms with Crippen LogP contribution in [0, 0.1) is 5.82 Å². The normalized spacial score (nSPS) is 12.8. The molecule has 2 aromatic rings. The van der Waals surface area contributed by atoms with E-state index in [2.05, 4.69) is 0 Å². The Balaban J connectivity index is 2.19. The first-order chi connectivity index (χ1) is 14.6. The molecule has 1 atom stereocenters. The standard InChI is InChI=1S/C22H26FN3O4S/c1-4-26(5-2)31(29,30)19-12-9-16(10-13-19)11-14-20(27)25(3)21(22(24)28)17-7-6-8-18(23)15-17/h6-15,21H,4-5H2,1-3H3,(H2,24,28)/b14-11+. The van der Waals surface area contributed by atoms with Crippen molar-refractivity contribution in [1.82, 2.24) is 9.21 Å². The summed E-state index contributed by atoms with van der Waals surface area (Å²) in [6.45, 7) is 4.27. The van der Waals surface area contributed by atoms with Gasteiger partial charge in [0.2, 0.25) is 21.8 Å². The molecule has 31 heavy (non-hydrogen) atoms. The van der Waals surface area contributed by atoms with E-state index in [1.54, 1.807) is 26.0 Å². The lowest BCUT2D eigenvalue weighted by molar-refractivity contribution is -0.134. The zero-order valence-electron chi connectivity index (χ0n) is 17.7. The number of nitrogens with zero attached hydrogens (tertiary/aromatic N) is 2. The number of nitrogens with two attached hydrogens (primary N) is 1. The molecule has 0 saturated heterocycles. The number of hydrogen-bond acceptors (Lipinski definition) is 4. The van der Waals surface area contributed by atoms with E-state index in [0.29, 0.717) is 18.7 Å². The highest BCUT2D eigenvalue weighted by atomic mass is 32.2. The van der Waals surface area contributed by atoms with Crippen molar-refractivity contribution in [3.63, 3.8) is 0 Å². The van der Waals surface area contributed by atoms with Gasteiger partial charge in [-0.2, -0.15) is 4.31 Å². The van der Waals surface area contributed by atoms with Crippen molar-refractivity contribution in [3.05, 3.63) is 71.6 Å². The van der Waals surface area contributed by atoms with Gasteiger partial charge >= 0.3 is 0 Å². The third kappa shape index (κ3) is 5.77. The molecule has 0 aliphatic carbocycles. The Labute approximate surface area is 182 Å². The van der Waals surface area contributed by atoms with Gasteiger partial charge in [-0.25, -0.2) is 12.8 Å². The Morgan fingerprint density at radius 1 is 1.10 bits per heavy atom. The minimum atomic E-state index is -3.57. The number of primary amides is 1. The van der Waals surface area contributed by atoms with Crippen LogP contribution in [0.5, 0.6) is 0 Å². The van der Waals surface area contributed by atoms with Gasteiger partial charge in [-0.3, -0.25) is 9.59 Å². The van der Waals surface area contributed by atoms with Gasteiger partial charge in [-0.05, 0) is 41.5 Å². The van der Waals surface area contributed by atoms with E-state index in [1.807, 2.05) is 0 Å². The van der Waals surface area contributed by atoms with E-state index < -0.39 is 33.7 Å². The molecule has 0 spiro atoms. The topological polar surface area (TPSA) is 101 Å². The van der Waals surface area contributed by atoms with E-state index in [-0.39, 0.29) is 10.5 Å². The van der Waals surface area contributed by atoms with Gasteiger partial charge in [0.25, 0.3) is 0 Å². The Morgan fingerprint density at radius 2 is 1.71 bits per heavy atom. The minimum absolute atomic E-state index is 0.164. The summed E-state index contributed by atoms with van der Waals surface area (Å²) in [6.07, 6.45) is 2.74. The number of sulfonamides is 1. The second-order valence-corrected chi connectivity index (χ2v) is 8.74. The first kappa shape index (κ1) is 24.2. The lowest BCUT2D eigenvalue weighted by atomic mass is 10.0. The molecule has 0 heterocycles. The summed E-state index contributed by atoms with van der Waals surface area (Å²) in [5, 5.41) is 0. The Bertz CT molecular complexity index is 1060. The highest BCUT2D eigenvalue weighted by Crippen LogP contribution is 2.21. The lowest BCUT2D eigenvalue weighted by Crippen LogP contribution is -2.38. The predicted molar refractivity (Wildman–Crippen MR) is 117 cm³/mol. The molecular weight excluding hydrogens is 421 g/mol. The van der Waals surface area contributed by atoms with Crippen molar-refractivity contribution in [1.29, 1.82) is 0 Å². The molecule has 2 rings (SSSR count). The number of halogens is 1. The van der Waals surface area contributed by atoms with Gasteiger partial charge in [0, 0.05) is 26.2 Å². The number of amides is 2. The molecule has 166 valence electrons. The molecule has 0 aliphatic heterocycles. The molecular formula is C22H26FN3O4S. The number of rotatable bonds is 9. The summed E-state index contributed by atoms with van der Waals surface area (Å²) in [6, 6.07) is 10.3. The third-order valence-corrected chi connectivity index (χ3v) is 6.87. The maximum Gasteiger partial charge on any atom is 0.247 e. The largest absolute Gasteiger partial charge is 0.368 e. The van der Waals surface area contributed by atoms with E-state index in [9.17, 15) is 22.4 Å². The quantitative estimate of drug-likeness (QED) is 0.597. The van der Waals surface area contributed by atoms with Crippen LogP contribution in [0.2, 0.25) is 0 Å². The highest BCUT2D eigenvalue weighted by molar-refractivity contribution is 7.89. The van der Waals surface area contributed by atoms with Crippen LogP contribution in [0.4, 0.5) is 4.39 Å². The van der Waals surface area contributed by atoms with Crippen LogP contribution in [-0.4, -0.2) is 49.6 Å². The van der Waals surface area contributed by atoms with Gasteiger partial charge in [0.05, 0.1) is 4.90 Å². The number of benzene rings is 2. The SMILES string of the molecule is CCN(CC)S(=O)(=O)c1ccc(/C=C/C(=O)N(C)C(C(N)=O)c2cccc(F)c2)cc1. The molecule has 9 heteroatoms. The predicted octanol–water partition coefficient (Wildman–Crippen LogP) is 2.55. The molecule has 7 nitrogen and oxygen atoms in total. The van der Waals surface area contributed by atoms with E-state index in [4.69, 9.17) is 5.73 Å². The monoisotopic (exact) mass is 447 g/mol. The van der Waals surface area contributed by atoms with Crippen molar-refractivity contribution in [2.24, 2.45) is 5.73 Å². The first-order valence-electron chi connectivity index (χ1n) is 9.71. The fourth-order valence-corrected chi connectivity index (χ4v) is 4.59. The number of hydrogen-bond donors (Lipinski definition) is 1. The zero-order valence-corrected chi connectivity index (χ0v) is 18.5. The Hall–Kier alpha value is -3.04. The van der Waals surface area contributed by atoms with Crippen LogP contribution >= 0.6 is 0 Å². The molecule has 2 amide bonds. The van der Waals surface area contributed by atoms with Crippen molar-refractivity contribution >= 4 is 27.9 Å². The van der Waals surface area contributed by atoms with Crippen LogP contribution in [0.15, 0.2) is 59.5 Å². The zero-order chi connectivity index (χ0) is 23.2. The number of carbonyl (C=O) groups is 2. The number of likely N-dealkylation sites (N-methyl/N-ethyl adjacent to an activating group) is 1. The van der Waals surface area contributed by atoms with Crippen molar-refractivity contribution in [2.45, 2.75) is 24.8 Å².